The summed E-state index contributed by atoms with van der Waals surface area (Å²) in [5.41, 5.74) is 0. The van der Waals surface area contributed by atoms with Crippen molar-refractivity contribution in [1.82, 2.24) is 10.2 Å². The average molecular weight is 154 g/mol. The third-order valence-corrected chi connectivity index (χ3v) is 2.77. The number of piperidine rings is 1. The van der Waals surface area contributed by atoms with Gasteiger partial charge in [0.15, 0.2) is 0 Å². The quantitative estimate of drug-likeness (QED) is 0.531. The van der Waals surface area contributed by atoms with Gasteiger partial charge in [0.1, 0.15) is 0 Å². The van der Waals surface area contributed by atoms with Crippen molar-refractivity contribution in [3.63, 3.8) is 0 Å². The van der Waals surface area contributed by atoms with Crippen LogP contribution >= 0.6 is 0 Å². The zero-order chi connectivity index (χ0) is 7.84. The fourth-order valence-corrected chi connectivity index (χ4v) is 2.08. The number of nitrogens with zero attached hydrogens (tertiary/aromatic N) is 1. The molecule has 1 N–H and O–H groups in total. The van der Waals surface area contributed by atoms with E-state index in [1.165, 1.54) is 12.8 Å². The second-order valence-electron chi connectivity index (χ2n) is 3.64. The number of carbonyl (C=O) groups excluding carboxylic acids is 1. The maximum atomic E-state index is 11.2. The molecule has 3 aliphatic rings. The first kappa shape index (κ1) is 7.10. The zero-order valence-electron chi connectivity index (χ0n) is 6.84. The molecule has 0 saturated carbocycles. The summed E-state index contributed by atoms with van der Waals surface area (Å²) in [7, 11) is 2.11. The number of hydrogen-bond acceptors (Lipinski definition) is 2. The molecule has 3 heteroatoms. The molecule has 2 bridgehead atoms. The van der Waals surface area contributed by atoms with E-state index in [9.17, 15) is 4.79 Å². The molecule has 0 aromatic heterocycles. The van der Waals surface area contributed by atoms with Gasteiger partial charge in [0.05, 0.1) is 0 Å². The van der Waals surface area contributed by atoms with E-state index in [0.29, 0.717) is 18.5 Å². The van der Waals surface area contributed by atoms with E-state index in [1.54, 1.807) is 0 Å². The third-order valence-electron chi connectivity index (χ3n) is 2.77. The lowest BCUT2D eigenvalue weighted by Crippen LogP contribution is -2.43. The molecule has 3 heterocycles. The number of rotatable bonds is 0. The number of nitrogens with one attached hydrogen (secondary N) is 1. The number of carbonyl (C=O) groups is 1. The summed E-state index contributed by atoms with van der Waals surface area (Å²) in [5.74, 6) is 0.238. The lowest BCUT2D eigenvalue weighted by atomic mass is 10.00. The number of fused-ring (bicyclic) bond motifs is 4. The van der Waals surface area contributed by atoms with Crippen molar-refractivity contribution in [3.8, 4) is 0 Å². The van der Waals surface area contributed by atoms with Crippen LogP contribution < -0.4 is 5.32 Å². The van der Waals surface area contributed by atoms with Gasteiger partial charge in [0, 0.05) is 25.0 Å². The van der Waals surface area contributed by atoms with Crippen LogP contribution in [-0.2, 0) is 4.79 Å². The Hall–Kier alpha value is -0.570. The van der Waals surface area contributed by atoms with Crippen molar-refractivity contribution in [2.75, 3.05) is 13.6 Å². The molecule has 0 spiro atoms. The molecule has 11 heavy (non-hydrogen) atoms. The highest BCUT2D eigenvalue weighted by Crippen LogP contribution is 2.21. The number of hydrogen-bond donors (Lipinski definition) is 1. The van der Waals surface area contributed by atoms with Gasteiger partial charge in [-0.15, -0.1) is 0 Å². The van der Waals surface area contributed by atoms with E-state index >= 15 is 0 Å². The lowest BCUT2D eigenvalue weighted by Gasteiger charge is -2.32. The van der Waals surface area contributed by atoms with Crippen LogP contribution in [0.25, 0.3) is 0 Å². The van der Waals surface area contributed by atoms with E-state index in [2.05, 4.69) is 17.3 Å². The number of likely N-dealkylation sites (N-methyl/N-ethyl adjacent to an activating group) is 1. The highest BCUT2D eigenvalue weighted by Gasteiger charge is 2.31. The van der Waals surface area contributed by atoms with Crippen molar-refractivity contribution < 1.29 is 4.79 Å². The van der Waals surface area contributed by atoms with Crippen LogP contribution in [0.15, 0.2) is 0 Å². The van der Waals surface area contributed by atoms with Gasteiger partial charge in [-0.25, -0.2) is 0 Å². The predicted molar refractivity (Wildman–Crippen MR) is 42.2 cm³/mol. The summed E-state index contributed by atoms with van der Waals surface area (Å²) in [6, 6.07) is 0.931. The Morgan fingerprint density at radius 2 is 2.36 bits per heavy atom. The summed E-state index contributed by atoms with van der Waals surface area (Å²) in [5, 5.41) is 3.02. The Bertz CT molecular complexity index is 181. The van der Waals surface area contributed by atoms with Gasteiger partial charge in [0.25, 0.3) is 0 Å². The van der Waals surface area contributed by atoms with E-state index in [4.69, 9.17) is 0 Å². The first-order valence-corrected chi connectivity index (χ1v) is 4.25. The van der Waals surface area contributed by atoms with E-state index in [-0.39, 0.29) is 5.91 Å². The molecule has 3 saturated heterocycles. The fourth-order valence-electron chi connectivity index (χ4n) is 2.08. The molecular formula is C8H14N2O. The molecule has 3 nitrogen and oxygen atoms in total. The van der Waals surface area contributed by atoms with Crippen LogP contribution in [-0.4, -0.2) is 36.5 Å². The van der Waals surface area contributed by atoms with Crippen LogP contribution in [0, 0.1) is 0 Å². The van der Waals surface area contributed by atoms with Crippen molar-refractivity contribution in [1.29, 1.82) is 0 Å². The summed E-state index contributed by atoms with van der Waals surface area (Å²) in [4.78, 5) is 13.4. The van der Waals surface area contributed by atoms with Crippen LogP contribution in [0.4, 0.5) is 0 Å². The van der Waals surface area contributed by atoms with Gasteiger partial charge >= 0.3 is 0 Å². The smallest absolute Gasteiger partial charge is 0.221 e. The molecule has 3 fully saturated rings. The Labute approximate surface area is 66.8 Å². The van der Waals surface area contributed by atoms with Gasteiger partial charge in [-0.1, -0.05) is 0 Å². The van der Waals surface area contributed by atoms with E-state index < -0.39 is 0 Å². The molecule has 3 rings (SSSR count). The highest BCUT2D eigenvalue weighted by atomic mass is 16.1. The predicted octanol–water partition coefficient (Wildman–Crippen LogP) is -0.0309. The minimum Gasteiger partial charge on any atom is -0.352 e. The second kappa shape index (κ2) is 2.48. The Kier molecular flexibility index (Phi) is 1.60. The molecule has 2 atom stereocenters. The van der Waals surface area contributed by atoms with Gasteiger partial charge in [-0.05, 0) is 19.9 Å². The molecular weight excluding hydrogens is 140 g/mol. The van der Waals surface area contributed by atoms with Gasteiger partial charge < -0.3 is 10.2 Å². The monoisotopic (exact) mass is 154 g/mol. The molecule has 0 aromatic carbocycles. The van der Waals surface area contributed by atoms with Crippen LogP contribution in [0.3, 0.4) is 0 Å². The topological polar surface area (TPSA) is 32.3 Å². The second-order valence-corrected chi connectivity index (χ2v) is 3.64. The Morgan fingerprint density at radius 1 is 1.55 bits per heavy atom. The Morgan fingerprint density at radius 3 is 3.09 bits per heavy atom. The molecule has 1 amide bonds. The molecule has 62 valence electrons. The highest BCUT2D eigenvalue weighted by molar-refractivity contribution is 5.77. The van der Waals surface area contributed by atoms with Gasteiger partial charge in [0.2, 0.25) is 5.91 Å². The SMILES string of the molecule is CN1CC2CCC1CC(=O)N2. The summed E-state index contributed by atoms with van der Waals surface area (Å²) >= 11 is 0. The first-order chi connectivity index (χ1) is 5.25. The summed E-state index contributed by atoms with van der Waals surface area (Å²) in [6.07, 6.45) is 3.05. The summed E-state index contributed by atoms with van der Waals surface area (Å²) in [6.45, 7) is 1.04. The lowest BCUT2D eigenvalue weighted by molar-refractivity contribution is -0.121. The maximum Gasteiger partial charge on any atom is 0.221 e. The molecule has 3 aliphatic heterocycles. The van der Waals surface area contributed by atoms with E-state index in [0.717, 1.165) is 6.54 Å². The van der Waals surface area contributed by atoms with Crippen LogP contribution in [0.5, 0.6) is 0 Å². The van der Waals surface area contributed by atoms with Crippen molar-refractivity contribution in [2.24, 2.45) is 0 Å². The molecule has 2 unspecified atom stereocenters. The minimum absolute atomic E-state index is 0.238. The van der Waals surface area contributed by atoms with Gasteiger partial charge in [-0.2, -0.15) is 0 Å². The minimum atomic E-state index is 0.238. The molecule has 0 aliphatic carbocycles. The summed E-state index contributed by atoms with van der Waals surface area (Å²) < 4.78 is 0. The van der Waals surface area contributed by atoms with Crippen molar-refractivity contribution in [3.05, 3.63) is 0 Å². The fraction of sp³-hybridized carbons (Fsp3) is 0.875. The molecule has 0 aromatic rings. The normalized spacial score (nSPS) is 38.5. The largest absolute Gasteiger partial charge is 0.352 e. The van der Waals surface area contributed by atoms with E-state index in [1.807, 2.05) is 0 Å². The molecule has 0 radical (unpaired) electrons. The maximum absolute atomic E-state index is 11.2. The van der Waals surface area contributed by atoms with Crippen molar-refractivity contribution in [2.45, 2.75) is 31.3 Å². The average Bonchev–Trinajstić information content (AvgIpc) is 2.16. The standard InChI is InChI=1S/C8H14N2O/c1-10-5-6-2-3-7(10)4-8(11)9-6/h6-7H,2-5H2,1H3,(H,9,11). The Balaban J connectivity index is 2.16. The van der Waals surface area contributed by atoms with Crippen molar-refractivity contribution >= 4 is 5.91 Å². The third kappa shape index (κ3) is 1.25. The zero-order valence-corrected chi connectivity index (χ0v) is 6.84. The first-order valence-electron chi connectivity index (χ1n) is 4.25. The van der Waals surface area contributed by atoms with Crippen LogP contribution in [0.1, 0.15) is 19.3 Å². The van der Waals surface area contributed by atoms with Crippen LogP contribution in [0.2, 0.25) is 0 Å². The number of amides is 1. The van der Waals surface area contributed by atoms with Gasteiger partial charge in [-0.3, -0.25) is 4.79 Å².